The van der Waals surface area contributed by atoms with Gasteiger partial charge in [0.25, 0.3) is 0 Å². The average molecular weight is 487 g/mol. The van der Waals surface area contributed by atoms with E-state index in [0.717, 1.165) is 19.3 Å². The standard InChI is InChI=1S/C32H54O3/c1-21(2)11-10-17-32(9,34)24-14-19-30(7)23(24)12-13-26-29(6)18-16-27(35-22(3)33)28(4,5)25(29)15-20-31(26,30)8/h11,23-27,34H,10,12-20H2,1-9H3. The summed E-state index contributed by atoms with van der Waals surface area (Å²) in [5.74, 6) is 2.21. The van der Waals surface area contributed by atoms with Crippen molar-refractivity contribution in [1.29, 1.82) is 0 Å². The van der Waals surface area contributed by atoms with E-state index < -0.39 is 5.60 Å². The van der Waals surface area contributed by atoms with Gasteiger partial charge in [0.15, 0.2) is 0 Å². The number of esters is 1. The fourth-order valence-electron chi connectivity index (χ4n) is 10.7. The van der Waals surface area contributed by atoms with E-state index >= 15 is 0 Å². The zero-order chi connectivity index (χ0) is 26.0. The van der Waals surface area contributed by atoms with Crippen molar-refractivity contribution in [2.24, 2.45) is 45.3 Å². The summed E-state index contributed by atoms with van der Waals surface area (Å²) in [6.07, 6.45) is 13.8. The van der Waals surface area contributed by atoms with Gasteiger partial charge in [-0.25, -0.2) is 0 Å². The van der Waals surface area contributed by atoms with Gasteiger partial charge in [-0.3, -0.25) is 4.79 Å². The van der Waals surface area contributed by atoms with Crippen LogP contribution in [0.1, 0.15) is 127 Å². The van der Waals surface area contributed by atoms with Crippen molar-refractivity contribution in [3.63, 3.8) is 0 Å². The van der Waals surface area contributed by atoms with Crippen LogP contribution >= 0.6 is 0 Å². The number of hydrogen-bond donors (Lipinski definition) is 1. The van der Waals surface area contributed by atoms with Crippen LogP contribution in [-0.2, 0) is 9.53 Å². The molecule has 3 nitrogen and oxygen atoms in total. The third kappa shape index (κ3) is 4.15. The SMILES string of the molecule is CC(=O)OC1CCC2(C)C(CCC3(C)C2CCC2C(C(C)(O)CCC=C(C)C)CCC23C)C1(C)C. The van der Waals surface area contributed by atoms with Crippen LogP contribution in [0.15, 0.2) is 11.6 Å². The first-order valence-corrected chi connectivity index (χ1v) is 14.6. The maximum Gasteiger partial charge on any atom is 0.302 e. The van der Waals surface area contributed by atoms with Crippen LogP contribution in [0.5, 0.6) is 0 Å². The molecule has 3 heteroatoms. The second kappa shape index (κ2) is 8.88. The molecule has 9 unspecified atom stereocenters. The van der Waals surface area contributed by atoms with Crippen LogP contribution in [0.3, 0.4) is 0 Å². The van der Waals surface area contributed by atoms with E-state index in [2.05, 4.69) is 61.5 Å². The lowest BCUT2D eigenvalue weighted by molar-refractivity contribution is -0.229. The molecule has 0 amide bonds. The zero-order valence-corrected chi connectivity index (χ0v) is 24.3. The molecule has 0 aromatic carbocycles. The highest BCUT2D eigenvalue weighted by Gasteiger charge is 2.69. The average Bonchev–Trinajstić information content (AvgIpc) is 3.09. The van der Waals surface area contributed by atoms with Crippen LogP contribution in [0.4, 0.5) is 0 Å². The Bertz CT molecular complexity index is 851. The second-order valence-electron chi connectivity index (χ2n) is 14.9. The fourth-order valence-corrected chi connectivity index (χ4v) is 10.7. The maximum atomic E-state index is 11.9. The van der Waals surface area contributed by atoms with Crippen molar-refractivity contribution >= 4 is 5.97 Å². The van der Waals surface area contributed by atoms with Gasteiger partial charge in [-0.2, -0.15) is 0 Å². The lowest BCUT2D eigenvalue weighted by Gasteiger charge is -2.70. The highest BCUT2D eigenvalue weighted by Crippen LogP contribution is 2.75. The van der Waals surface area contributed by atoms with Crippen LogP contribution in [0.25, 0.3) is 0 Å². The summed E-state index contributed by atoms with van der Waals surface area (Å²) < 4.78 is 5.88. The molecule has 0 aromatic rings. The van der Waals surface area contributed by atoms with Crippen molar-refractivity contribution in [2.45, 2.75) is 138 Å². The van der Waals surface area contributed by atoms with E-state index in [1.165, 1.54) is 50.5 Å². The van der Waals surface area contributed by atoms with Crippen LogP contribution in [-0.4, -0.2) is 22.8 Å². The molecule has 0 aromatic heterocycles. The van der Waals surface area contributed by atoms with Gasteiger partial charge in [0.2, 0.25) is 0 Å². The largest absolute Gasteiger partial charge is 0.462 e. The Morgan fingerprint density at radius 3 is 2.20 bits per heavy atom. The Hall–Kier alpha value is -0.830. The van der Waals surface area contributed by atoms with Crippen molar-refractivity contribution in [3.05, 3.63) is 11.6 Å². The number of rotatable bonds is 5. The van der Waals surface area contributed by atoms with E-state index in [9.17, 15) is 9.90 Å². The first kappa shape index (κ1) is 27.2. The number of fused-ring (bicyclic) bond motifs is 5. The summed E-state index contributed by atoms with van der Waals surface area (Å²) in [5, 5.41) is 11.7. The number of allylic oxidation sites excluding steroid dienone is 2. The number of carbonyl (C=O) groups is 1. The fraction of sp³-hybridized carbons (Fsp3) is 0.906. The van der Waals surface area contributed by atoms with Gasteiger partial charge in [0.05, 0.1) is 5.60 Å². The molecule has 4 aliphatic carbocycles. The molecule has 0 spiro atoms. The van der Waals surface area contributed by atoms with Crippen LogP contribution in [0.2, 0.25) is 0 Å². The molecule has 0 saturated heterocycles. The van der Waals surface area contributed by atoms with Gasteiger partial charge in [-0.15, -0.1) is 0 Å². The molecule has 4 aliphatic rings. The Morgan fingerprint density at radius 2 is 1.57 bits per heavy atom. The number of hydrogen-bond acceptors (Lipinski definition) is 3. The molecule has 4 fully saturated rings. The lowest BCUT2D eigenvalue weighted by Crippen LogP contribution is -2.64. The van der Waals surface area contributed by atoms with Gasteiger partial charge in [0, 0.05) is 12.3 Å². The van der Waals surface area contributed by atoms with E-state index in [4.69, 9.17) is 4.74 Å². The Morgan fingerprint density at radius 1 is 0.914 bits per heavy atom. The number of ether oxygens (including phenoxy) is 1. The minimum Gasteiger partial charge on any atom is -0.462 e. The topological polar surface area (TPSA) is 46.5 Å². The van der Waals surface area contributed by atoms with E-state index in [0.29, 0.717) is 39.9 Å². The monoisotopic (exact) mass is 486 g/mol. The first-order chi connectivity index (χ1) is 16.1. The normalized spacial score (nSPS) is 45.9. The first-order valence-electron chi connectivity index (χ1n) is 14.6. The smallest absolute Gasteiger partial charge is 0.302 e. The summed E-state index contributed by atoms with van der Waals surface area (Å²) in [5.41, 5.74) is 1.70. The second-order valence-corrected chi connectivity index (χ2v) is 14.9. The summed E-state index contributed by atoms with van der Waals surface area (Å²) in [4.78, 5) is 11.9. The van der Waals surface area contributed by atoms with Gasteiger partial charge in [-0.05, 0) is 125 Å². The predicted octanol–water partition coefficient (Wildman–Crippen LogP) is 8.10. The minimum absolute atomic E-state index is 0.0184. The molecule has 35 heavy (non-hydrogen) atoms. The van der Waals surface area contributed by atoms with E-state index in [1.807, 2.05) is 0 Å². The highest BCUT2D eigenvalue weighted by molar-refractivity contribution is 5.66. The van der Waals surface area contributed by atoms with E-state index in [1.54, 1.807) is 6.92 Å². The van der Waals surface area contributed by atoms with Crippen molar-refractivity contribution < 1.29 is 14.6 Å². The summed E-state index contributed by atoms with van der Waals surface area (Å²) in [6.45, 7) is 20.6. The molecular formula is C32H54O3. The van der Waals surface area contributed by atoms with Gasteiger partial charge < -0.3 is 9.84 Å². The molecule has 4 rings (SSSR count). The zero-order valence-electron chi connectivity index (χ0n) is 24.3. The Balaban J connectivity index is 1.60. The van der Waals surface area contributed by atoms with Crippen LogP contribution in [0, 0.1) is 45.3 Å². The van der Waals surface area contributed by atoms with Crippen molar-refractivity contribution in [2.75, 3.05) is 0 Å². The molecule has 200 valence electrons. The number of carbonyl (C=O) groups excluding carboxylic acids is 1. The molecule has 0 heterocycles. The quantitative estimate of drug-likeness (QED) is 0.315. The van der Waals surface area contributed by atoms with Gasteiger partial charge in [-0.1, -0.05) is 46.3 Å². The molecule has 9 atom stereocenters. The van der Waals surface area contributed by atoms with Crippen molar-refractivity contribution in [3.8, 4) is 0 Å². The van der Waals surface area contributed by atoms with Gasteiger partial charge >= 0.3 is 5.97 Å². The summed E-state index contributed by atoms with van der Waals surface area (Å²) >= 11 is 0. The van der Waals surface area contributed by atoms with E-state index in [-0.39, 0.29) is 17.5 Å². The minimum atomic E-state index is -0.581. The van der Waals surface area contributed by atoms with Gasteiger partial charge in [0.1, 0.15) is 6.10 Å². The maximum absolute atomic E-state index is 11.9. The third-order valence-electron chi connectivity index (χ3n) is 12.6. The summed E-state index contributed by atoms with van der Waals surface area (Å²) in [6, 6.07) is 0. The molecule has 1 N–H and O–H groups in total. The highest BCUT2D eigenvalue weighted by atomic mass is 16.5. The molecule has 0 bridgehead atoms. The molecule has 4 saturated carbocycles. The van der Waals surface area contributed by atoms with Crippen LogP contribution < -0.4 is 0 Å². The Labute approximate surface area is 215 Å². The molecule has 0 aliphatic heterocycles. The summed E-state index contributed by atoms with van der Waals surface area (Å²) in [7, 11) is 0. The third-order valence-corrected chi connectivity index (χ3v) is 12.6. The van der Waals surface area contributed by atoms with Crippen molar-refractivity contribution in [1.82, 2.24) is 0 Å². The predicted molar refractivity (Wildman–Crippen MR) is 144 cm³/mol. The number of aliphatic hydroxyl groups is 1. The molecular weight excluding hydrogens is 432 g/mol. The molecule has 0 radical (unpaired) electrons. The lowest BCUT2D eigenvalue weighted by atomic mass is 9.35. The Kier molecular flexibility index (Phi) is 6.91.